The number of anilines is 1. The summed E-state index contributed by atoms with van der Waals surface area (Å²) in [5.41, 5.74) is 6.47. The predicted molar refractivity (Wildman–Crippen MR) is 51.4 cm³/mol. The van der Waals surface area contributed by atoms with Crippen LogP contribution in [-0.4, -0.2) is 26.9 Å². The van der Waals surface area contributed by atoms with Crippen molar-refractivity contribution >= 4 is 16.9 Å². The Morgan fingerprint density at radius 2 is 2.29 bits per heavy atom. The Bertz CT molecular complexity index is 464. The number of methoxy groups -OCH3 is 1. The van der Waals surface area contributed by atoms with E-state index in [9.17, 15) is 0 Å². The molecule has 0 fully saturated rings. The topological polar surface area (TPSA) is 78.9 Å². The zero-order chi connectivity index (χ0) is 10.1. The van der Waals surface area contributed by atoms with Crippen molar-refractivity contribution in [3.63, 3.8) is 0 Å². The highest BCUT2D eigenvalue weighted by Gasteiger charge is 2.08. The molecule has 0 atom stereocenters. The van der Waals surface area contributed by atoms with Crippen molar-refractivity contribution in [1.82, 2.24) is 19.7 Å². The number of hydrogen-bond acceptors (Lipinski definition) is 5. The number of aryl methyl sites for hydroxylation is 1. The molecule has 0 saturated carbocycles. The molecule has 0 aromatic carbocycles. The Morgan fingerprint density at radius 3 is 3.00 bits per heavy atom. The highest BCUT2D eigenvalue weighted by atomic mass is 16.5. The lowest BCUT2D eigenvalue weighted by Crippen LogP contribution is -2.03. The molecule has 0 saturated heterocycles. The van der Waals surface area contributed by atoms with E-state index in [1.807, 2.05) is 7.05 Å². The predicted octanol–water partition coefficient (Wildman–Crippen LogP) is 0.0919. The smallest absolute Gasteiger partial charge is 0.163 e. The van der Waals surface area contributed by atoms with Gasteiger partial charge in [0.1, 0.15) is 12.4 Å². The number of rotatable bonds is 2. The maximum absolute atomic E-state index is 5.74. The molecule has 2 N–H and O–H groups in total. The molecule has 0 aliphatic carbocycles. The van der Waals surface area contributed by atoms with Gasteiger partial charge in [-0.3, -0.25) is 4.68 Å². The number of ether oxygens (including phenoxy) is 1. The van der Waals surface area contributed by atoms with Gasteiger partial charge in [-0.15, -0.1) is 0 Å². The minimum Gasteiger partial charge on any atom is -0.383 e. The Morgan fingerprint density at radius 1 is 1.50 bits per heavy atom. The van der Waals surface area contributed by atoms with Crippen LogP contribution in [0.2, 0.25) is 0 Å². The lowest BCUT2D eigenvalue weighted by molar-refractivity contribution is 0.178. The van der Waals surface area contributed by atoms with Crippen LogP contribution >= 0.6 is 0 Å². The zero-order valence-electron chi connectivity index (χ0n) is 8.06. The molecule has 0 spiro atoms. The highest BCUT2D eigenvalue weighted by molar-refractivity contribution is 5.84. The van der Waals surface area contributed by atoms with Crippen LogP contribution in [0.4, 0.5) is 5.82 Å². The highest BCUT2D eigenvalue weighted by Crippen LogP contribution is 2.16. The van der Waals surface area contributed by atoms with Gasteiger partial charge in [0, 0.05) is 14.2 Å². The number of hydrogen-bond donors (Lipinski definition) is 1. The van der Waals surface area contributed by atoms with Gasteiger partial charge in [-0.05, 0) is 0 Å². The molecule has 0 bridgehead atoms. The van der Waals surface area contributed by atoms with E-state index in [-0.39, 0.29) is 0 Å². The first-order valence-electron chi connectivity index (χ1n) is 4.15. The number of nitrogens with two attached hydrogens (primary N) is 1. The van der Waals surface area contributed by atoms with Crippen LogP contribution in [0.25, 0.3) is 11.0 Å². The molecule has 6 heteroatoms. The lowest BCUT2D eigenvalue weighted by Gasteiger charge is -2.01. The van der Waals surface area contributed by atoms with Crippen LogP contribution in [0.15, 0.2) is 6.20 Å². The van der Waals surface area contributed by atoms with Crippen LogP contribution in [0.5, 0.6) is 0 Å². The third kappa shape index (κ3) is 1.29. The van der Waals surface area contributed by atoms with Crippen LogP contribution in [0, 0.1) is 0 Å². The van der Waals surface area contributed by atoms with Crippen molar-refractivity contribution in [1.29, 1.82) is 0 Å². The standard InChI is InChI=1S/C8H11N5O/c1-13-8-5(3-10-13)7(9)11-6(12-8)4-14-2/h3H,4H2,1-2H3,(H2,9,11,12). The molecule has 6 nitrogen and oxygen atoms in total. The van der Waals surface area contributed by atoms with Gasteiger partial charge in [-0.25, -0.2) is 9.97 Å². The second kappa shape index (κ2) is 3.22. The molecule has 2 aromatic heterocycles. The average Bonchev–Trinajstić information content (AvgIpc) is 2.49. The third-order valence-electron chi connectivity index (χ3n) is 1.94. The quantitative estimate of drug-likeness (QED) is 0.731. The molecule has 0 aliphatic rings. The van der Waals surface area contributed by atoms with Gasteiger partial charge in [0.05, 0.1) is 11.6 Å². The summed E-state index contributed by atoms with van der Waals surface area (Å²) in [4.78, 5) is 8.36. The summed E-state index contributed by atoms with van der Waals surface area (Å²) in [5, 5.41) is 4.82. The zero-order valence-corrected chi connectivity index (χ0v) is 8.06. The first-order chi connectivity index (χ1) is 6.72. The summed E-state index contributed by atoms with van der Waals surface area (Å²) in [6.45, 7) is 0.353. The van der Waals surface area contributed by atoms with E-state index in [1.54, 1.807) is 18.0 Å². The van der Waals surface area contributed by atoms with Crippen LogP contribution in [0.3, 0.4) is 0 Å². The van der Waals surface area contributed by atoms with Gasteiger partial charge in [0.25, 0.3) is 0 Å². The summed E-state index contributed by atoms with van der Waals surface area (Å²) >= 11 is 0. The molecular weight excluding hydrogens is 182 g/mol. The molecule has 0 amide bonds. The van der Waals surface area contributed by atoms with Crippen LogP contribution < -0.4 is 5.73 Å². The normalized spacial score (nSPS) is 11.0. The number of fused-ring (bicyclic) bond motifs is 1. The summed E-state index contributed by atoms with van der Waals surface area (Å²) < 4.78 is 6.60. The maximum atomic E-state index is 5.74. The second-order valence-electron chi connectivity index (χ2n) is 2.96. The lowest BCUT2D eigenvalue weighted by atomic mass is 10.4. The van der Waals surface area contributed by atoms with Gasteiger partial charge >= 0.3 is 0 Å². The van der Waals surface area contributed by atoms with E-state index in [0.717, 1.165) is 11.0 Å². The van der Waals surface area contributed by atoms with Gasteiger partial charge in [0.15, 0.2) is 11.5 Å². The molecule has 2 aromatic rings. The summed E-state index contributed by atoms with van der Waals surface area (Å²) in [7, 11) is 3.40. The number of aromatic nitrogens is 4. The van der Waals surface area contributed by atoms with E-state index in [1.165, 1.54) is 0 Å². The van der Waals surface area contributed by atoms with E-state index in [2.05, 4.69) is 15.1 Å². The summed E-state index contributed by atoms with van der Waals surface area (Å²) in [5.74, 6) is 1.01. The Kier molecular flexibility index (Phi) is 2.05. The van der Waals surface area contributed by atoms with Crippen molar-refractivity contribution in [2.75, 3.05) is 12.8 Å². The molecule has 2 rings (SSSR count). The Labute approximate surface area is 80.7 Å². The van der Waals surface area contributed by atoms with Gasteiger partial charge < -0.3 is 10.5 Å². The summed E-state index contributed by atoms with van der Waals surface area (Å²) in [6, 6.07) is 0. The average molecular weight is 193 g/mol. The fraction of sp³-hybridized carbons (Fsp3) is 0.375. The van der Waals surface area contributed by atoms with Crippen molar-refractivity contribution in [2.45, 2.75) is 6.61 Å². The third-order valence-corrected chi connectivity index (χ3v) is 1.94. The molecule has 14 heavy (non-hydrogen) atoms. The van der Waals surface area contributed by atoms with E-state index >= 15 is 0 Å². The molecule has 2 heterocycles. The second-order valence-corrected chi connectivity index (χ2v) is 2.96. The number of nitrogen functional groups attached to an aromatic ring is 1. The first kappa shape index (κ1) is 8.89. The first-order valence-corrected chi connectivity index (χ1v) is 4.15. The fourth-order valence-electron chi connectivity index (χ4n) is 1.28. The molecule has 0 unspecified atom stereocenters. The van der Waals surface area contributed by atoms with Crippen molar-refractivity contribution < 1.29 is 4.74 Å². The minimum absolute atomic E-state index is 0.353. The van der Waals surface area contributed by atoms with Crippen LogP contribution in [-0.2, 0) is 18.4 Å². The van der Waals surface area contributed by atoms with Crippen molar-refractivity contribution in [3.05, 3.63) is 12.0 Å². The monoisotopic (exact) mass is 193 g/mol. The van der Waals surface area contributed by atoms with Gasteiger partial charge in [-0.2, -0.15) is 5.10 Å². The van der Waals surface area contributed by atoms with E-state index in [0.29, 0.717) is 18.2 Å². The maximum Gasteiger partial charge on any atom is 0.163 e. The largest absolute Gasteiger partial charge is 0.383 e. The molecule has 74 valence electrons. The van der Waals surface area contributed by atoms with Crippen LogP contribution in [0.1, 0.15) is 5.82 Å². The Balaban J connectivity index is 2.63. The van der Waals surface area contributed by atoms with Gasteiger partial charge in [-0.1, -0.05) is 0 Å². The summed E-state index contributed by atoms with van der Waals surface area (Å²) in [6.07, 6.45) is 1.65. The van der Waals surface area contributed by atoms with Crippen molar-refractivity contribution in [2.24, 2.45) is 7.05 Å². The van der Waals surface area contributed by atoms with E-state index < -0.39 is 0 Å². The molecule has 0 aliphatic heterocycles. The van der Waals surface area contributed by atoms with Gasteiger partial charge in [0.2, 0.25) is 0 Å². The minimum atomic E-state index is 0.353. The molecule has 0 radical (unpaired) electrons. The number of nitrogens with zero attached hydrogens (tertiary/aromatic N) is 4. The fourth-order valence-corrected chi connectivity index (χ4v) is 1.28. The SMILES string of the molecule is COCc1nc(N)c2cnn(C)c2n1. The van der Waals surface area contributed by atoms with Crippen molar-refractivity contribution in [3.8, 4) is 0 Å². The Hall–Kier alpha value is -1.69. The molecular formula is C8H11N5O. The van der Waals surface area contributed by atoms with E-state index in [4.69, 9.17) is 10.5 Å².